The van der Waals surface area contributed by atoms with Gasteiger partial charge in [0.2, 0.25) is 5.91 Å². The summed E-state index contributed by atoms with van der Waals surface area (Å²) in [6.07, 6.45) is 1.77. The molecule has 0 aliphatic heterocycles. The van der Waals surface area contributed by atoms with Crippen molar-refractivity contribution < 1.29 is 4.79 Å². The molecule has 0 aromatic carbocycles. The molecule has 0 aliphatic rings. The molecule has 0 saturated heterocycles. The van der Waals surface area contributed by atoms with Gasteiger partial charge < -0.3 is 5.32 Å². The van der Waals surface area contributed by atoms with Crippen molar-refractivity contribution in [3.8, 4) is 0 Å². The lowest BCUT2D eigenvalue weighted by molar-refractivity contribution is -0.118. The molecule has 2 heteroatoms. The molecule has 0 aliphatic carbocycles. The van der Waals surface area contributed by atoms with Gasteiger partial charge in [0.15, 0.2) is 0 Å². The summed E-state index contributed by atoms with van der Waals surface area (Å²) < 4.78 is 0. The van der Waals surface area contributed by atoms with Gasteiger partial charge >= 0.3 is 0 Å². The number of amides is 1. The molecule has 1 N–H and O–H groups in total. The first kappa shape index (κ1) is 16.1. The summed E-state index contributed by atoms with van der Waals surface area (Å²) in [4.78, 5) is 10.7. The van der Waals surface area contributed by atoms with E-state index in [0.717, 1.165) is 16.7 Å². The fourth-order valence-corrected chi connectivity index (χ4v) is 0.963. The van der Waals surface area contributed by atoms with E-state index in [-0.39, 0.29) is 5.91 Å². The predicted molar refractivity (Wildman–Crippen MR) is 67.7 cm³/mol. The van der Waals surface area contributed by atoms with Gasteiger partial charge in [-0.15, -0.1) is 0 Å². The number of carbonyl (C=O) groups excluding carboxylic acids is 1. The first-order valence-corrected chi connectivity index (χ1v) is 5.21. The van der Waals surface area contributed by atoms with Crippen LogP contribution in [0.25, 0.3) is 0 Å². The lowest BCUT2D eigenvalue weighted by atomic mass is 10.0. The van der Waals surface area contributed by atoms with Crippen molar-refractivity contribution in [1.29, 1.82) is 0 Å². The predicted octanol–water partition coefficient (Wildman–Crippen LogP) is 3.23. The second kappa shape index (κ2) is 9.25. The molecular weight excluding hydrogens is 186 g/mol. The maximum absolute atomic E-state index is 10.7. The van der Waals surface area contributed by atoms with Gasteiger partial charge in [-0.25, -0.2) is 0 Å². The molecule has 0 heterocycles. The monoisotopic (exact) mass is 209 g/mol. The van der Waals surface area contributed by atoms with Crippen molar-refractivity contribution in [3.05, 3.63) is 36.0 Å². The Bertz CT molecular complexity index is 262. The Morgan fingerprint density at radius 3 is 2.00 bits per heavy atom. The highest BCUT2D eigenvalue weighted by Crippen LogP contribution is 2.12. The highest BCUT2D eigenvalue weighted by molar-refractivity contribution is 5.73. The van der Waals surface area contributed by atoms with Crippen LogP contribution in [-0.4, -0.2) is 12.5 Å². The van der Waals surface area contributed by atoms with Crippen LogP contribution in [0.1, 0.15) is 34.6 Å². The minimum atomic E-state index is -0.0318. The van der Waals surface area contributed by atoms with Gasteiger partial charge in [-0.3, -0.25) is 4.79 Å². The van der Waals surface area contributed by atoms with Crippen molar-refractivity contribution >= 4 is 5.91 Å². The van der Waals surface area contributed by atoms with Crippen LogP contribution < -0.4 is 5.32 Å². The Morgan fingerprint density at radius 1 is 1.27 bits per heavy atom. The molecule has 0 saturated carbocycles. The van der Waals surface area contributed by atoms with Gasteiger partial charge in [-0.2, -0.15) is 0 Å². The van der Waals surface area contributed by atoms with Crippen molar-refractivity contribution in [2.75, 3.05) is 6.54 Å². The molecule has 86 valence electrons. The van der Waals surface area contributed by atoms with Crippen molar-refractivity contribution in [2.24, 2.45) is 0 Å². The molecule has 1 amide bonds. The minimum absolute atomic E-state index is 0.0318. The SMILES string of the molecule is C=C/C(C)=C(/CNC(C)=O)C(=C)C.CC. The fourth-order valence-electron chi connectivity index (χ4n) is 0.963. The van der Waals surface area contributed by atoms with E-state index in [1.54, 1.807) is 6.08 Å². The largest absolute Gasteiger partial charge is 0.352 e. The molecule has 0 spiro atoms. The zero-order valence-corrected chi connectivity index (χ0v) is 10.6. The van der Waals surface area contributed by atoms with Crippen LogP contribution in [0.2, 0.25) is 0 Å². The van der Waals surface area contributed by atoms with Crippen molar-refractivity contribution in [1.82, 2.24) is 5.32 Å². The van der Waals surface area contributed by atoms with Gasteiger partial charge in [0.05, 0.1) is 0 Å². The molecule has 0 aromatic rings. The molecule has 0 unspecified atom stereocenters. The first-order chi connectivity index (χ1) is 6.99. The Morgan fingerprint density at radius 2 is 1.73 bits per heavy atom. The second-order valence-electron chi connectivity index (χ2n) is 3.06. The summed E-state index contributed by atoms with van der Waals surface area (Å²) in [5.41, 5.74) is 3.07. The summed E-state index contributed by atoms with van der Waals surface area (Å²) in [5.74, 6) is -0.0318. The number of carbonyl (C=O) groups is 1. The average molecular weight is 209 g/mol. The molecule has 0 bridgehead atoms. The number of hydrogen-bond acceptors (Lipinski definition) is 1. The van der Waals surface area contributed by atoms with Crippen LogP contribution in [0, 0.1) is 0 Å². The van der Waals surface area contributed by atoms with Crippen LogP contribution in [0.4, 0.5) is 0 Å². The fraction of sp³-hybridized carbons (Fsp3) is 0.462. The zero-order valence-electron chi connectivity index (χ0n) is 10.6. The average Bonchev–Trinajstić information content (AvgIpc) is 2.19. The minimum Gasteiger partial charge on any atom is -0.352 e. The van der Waals surface area contributed by atoms with E-state index in [2.05, 4.69) is 18.5 Å². The maximum Gasteiger partial charge on any atom is 0.217 e. The lowest BCUT2D eigenvalue weighted by Gasteiger charge is -2.10. The van der Waals surface area contributed by atoms with Crippen LogP contribution in [0.3, 0.4) is 0 Å². The zero-order chi connectivity index (χ0) is 12.4. The topological polar surface area (TPSA) is 29.1 Å². The van der Waals surface area contributed by atoms with Gasteiger partial charge in [0.25, 0.3) is 0 Å². The van der Waals surface area contributed by atoms with Crippen molar-refractivity contribution in [3.63, 3.8) is 0 Å². The molecule has 2 nitrogen and oxygen atoms in total. The van der Waals surface area contributed by atoms with Crippen LogP contribution >= 0.6 is 0 Å². The highest BCUT2D eigenvalue weighted by atomic mass is 16.1. The quantitative estimate of drug-likeness (QED) is 0.708. The molecule has 0 aromatic heterocycles. The lowest BCUT2D eigenvalue weighted by Crippen LogP contribution is -2.23. The third-order valence-corrected chi connectivity index (χ3v) is 1.81. The Labute approximate surface area is 93.8 Å². The Hall–Kier alpha value is -1.31. The van der Waals surface area contributed by atoms with E-state index >= 15 is 0 Å². The van der Waals surface area contributed by atoms with E-state index in [1.165, 1.54) is 6.92 Å². The molecule has 0 rings (SSSR count). The molecule has 15 heavy (non-hydrogen) atoms. The summed E-state index contributed by atoms with van der Waals surface area (Å²) >= 11 is 0. The van der Waals surface area contributed by atoms with E-state index < -0.39 is 0 Å². The third kappa shape index (κ3) is 7.74. The van der Waals surface area contributed by atoms with Crippen LogP contribution in [0.5, 0.6) is 0 Å². The van der Waals surface area contributed by atoms with Gasteiger partial charge in [0.1, 0.15) is 0 Å². The second-order valence-corrected chi connectivity index (χ2v) is 3.06. The van der Waals surface area contributed by atoms with E-state index in [4.69, 9.17) is 0 Å². The van der Waals surface area contributed by atoms with Crippen LogP contribution in [-0.2, 0) is 4.79 Å². The van der Waals surface area contributed by atoms with Gasteiger partial charge in [0, 0.05) is 13.5 Å². The smallest absolute Gasteiger partial charge is 0.217 e. The maximum atomic E-state index is 10.7. The molecular formula is C13H23NO. The van der Waals surface area contributed by atoms with Gasteiger partial charge in [-0.1, -0.05) is 38.7 Å². The number of hydrogen-bond donors (Lipinski definition) is 1. The molecule has 0 fully saturated rings. The van der Waals surface area contributed by atoms with E-state index in [0.29, 0.717) is 6.54 Å². The summed E-state index contributed by atoms with van der Waals surface area (Å²) in [6.45, 7) is 17.4. The van der Waals surface area contributed by atoms with E-state index in [9.17, 15) is 4.79 Å². The Kier molecular flexibility index (Phi) is 9.95. The Balaban J connectivity index is 0. The highest BCUT2D eigenvalue weighted by Gasteiger charge is 2.01. The molecule has 0 atom stereocenters. The first-order valence-electron chi connectivity index (χ1n) is 5.21. The summed E-state index contributed by atoms with van der Waals surface area (Å²) in [7, 11) is 0. The molecule has 0 radical (unpaired) electrons. The third-order valence-electron chi connectivity index (χ3n) is 1.81. The van der Waals surface area contributed by atoms with E-state index in [1.807, 2.05) is 27.7 Å². The van der Waals surface area contributed by atoms with Crippen LogP contribution in [0.15, 0.2) is 36.0 Å². The summed E-state index contributed by atoms with van der Waals surface area (Å²) in [6, 6.07) is 0. The number of rotatable bonds is 4. The summed E-state index contributed by atoms with van der Waals surface area (Å²) in [5, 5.41) is 2.74. The number of nitrogens with one attached hydrogen (secondary N) is 1. The standard InChI is InChI=1S/C11H17NO.C2H6/c1-6-9(4)11(8(2)3)7-12-10(5)13;1-2/h6H,1-2,7H2,3-5H3,(H,12,13);1-2H3/b11-9-;. The number of allylic oxidation sites excluding steroid dienone is 2. The van der Waals surface area contributed by atoms with Crippen molar-refractivity contribution in [2.45, 2.75) is 34.6 Å². The van der Waals surface area contributed by atoms with Gasteiger partial charge in [-0.05, 0) is 25.0 Å². The normalized spacial score (nSPS) is 10.5.